The number of hydrogen-bond acceptors (Lipinski definition) is 9. The number of ether oxygens (including phenoxy) is 1. The van der Waals surface area contributed by atoms with Crippen LogP contribution in [0.4, 0.5) is 11.5 Å². The van der Waals surface area contributed by atoms with E-state index in [9.17, 15) is 18.0 Å². The molecular formula is C20H22N4O5S. The summed E-state index contributed by atoms with van der Waals surface area (Å²) in [5.41, 5.74) is 1.95. The van der Waals surface area contributed by atoms with Crippen LogP contribution in [0.3, 0.4) is 0 Å². The molecule has 1 N–H and O–H groups in total. The topological polar surface area (TPSA) is 119 Å². The maximum absolute atomic E-state index is 12.6. The van der Waals surface area contributed by atoms with Gasteiger partial charge in [-0.25, -0.2) is 18.4 Å². The highest BCUT2D eigenvalue weighted by Crippen LogP contribution is 2.31. The molecule has 0 radical (unpaired) electrons. The summed E-state index contributed by atoms with van der Waals surface area (Å²) in [6.45, 7) is 3.77. The summed E-state index contributed by atoms with van der Waals surface area (Å²) in [4.78, 5) is 35.4. The lowest BCUT2D eigenvalue weighted by atomic mass is 10.0. The molecule has 30 heavy (non-hydrogen) atoms. The van der Waals surface area contributed by atoms with E-state index in [1.54, 1.807) is 24.3 Å². The van der Waals surface area contributed by atoms with Crippen LogP contribution in [0.2, 0.25) is 0 Å². The summed E-state index contributed by atoms with van der Waals surface area (Å²) >= 11 is 0. The maximum Gasteiger partial charge on any atom is 0.194 e. The van der Waals surface area contributed by atoms with Gasteiger partial charge in [-0.3, -0.25) is 9.59 Å². The number of hydrogen-bond donors (Lipinski definition) is 1. The number of nitrogens with one attached hydrogen (secondary N) is 1. The second-order valence-corrected chi connectivity index (χ2v) is 9.66. The summed E-state index contributed by atoms with van der Waals surface area (Å²) in [5, 5.41) is 2.93. The molecule has 0 saturated carbocycles. The number of fused-ring (bicyclic) bond motifs is 1. The Labute approximate surface area is 174 Å². The lowest BCUT2D eigenvalue weighted by Gasteiger charge is -2.28. The van der Waals surface area contributed by atoms with Crippen molar-refractivity contribution >= 4 is 32.9 Å². The molecule has 2 aliphatic rings. The van der Waals surface area contributed by atoms with Gasteiger partial charge < -0.3 is 15.0 Å². The van der Waals surface area contributed by atoms with E-state index >= 15 is 0 Å². The zero-order valence-corrected chi connectivity index (χ0v) is 17.5. The molecule has 0 bridgehead atoms. The molecule has 0 amide bonds. The second-order valence-electron chi connectivity index (χ2n) is 7.52. The molecule has 0 spiro atoms. The molecule has 1 aromatic carbocycles. The van der Waals surface area contributed by atoms with Crippen molar-refractivity contribution in [3.8, 4) is 11.4 Å². The minimum absolute atomic E-state index is 0.211. The van der Waals surface area contributed by atoms with Crippen LogP contribution in [-0.4, -0.2) is 68.6 Å². The molecule has 1 saturated heterocycles. The molecule has 9 nitrogen and oxygen atoms in total. The van der Waals surface area contributed by atoms with Crippen molar-refractivity contribution in [3.63, 3.8) is 0 Å². The zero-order chi connectivity index (χ0) is 21.5. The molecule has 0 aliphatic carbocycles. The lowest BCUT2D eigenvalue weighted by molar-refractivity contribution is -0.116. The number of morpholine rings is 1. The van der Waals surface area contributed by atoms with Gasteiger partial charge in [0.15, 0.2) is 27.2 Å². The number of carbonyl (C=O) groups excluding carboxylic acids is 2. The third-order valence-corrected chi connectivity index (χ3v) is 5.84. The van der Waals surface area contributed by atoms with Gasteiger partial charge in [-0.15, -0.1) is 0 Å². The van der Waals surface area contributed by atoms with Crippen LogP contribution < -0.4 is 10.2 Å². The molecular weight excluding hydrogens is 408 g/mol. The molecule has 3 heterocycles. The van der Waals surface area contributed by atoms with Crippen LogP contribution >= 0.6 is 0 Å². The zero-order valence-electron chi connectivity index (χ0n) is 16.7. The molecule has 1 atom stereocenters. The quantitative estimate of drug-likeness (QED) is 0.695. The Morgan fingerprint density at radius 2 is 1.97 bits per heavy atom. The number of sulfone groups is 1. The number of benzene rings is 1. The second kappa shape index (κ2) is 7.77. The van der Waals surface area contributed by atoms with E-state index in [2.05, 4.69) is 15.3 Å². The van der Waals surface area contributed by atoms with Crippen molar-refractivity contribution in [1.82, 2.24) is 9.97 Å². The Morgan fingerprint density at radius 1 is 1.23 bits per heavy atom. The average Bonchev–Trinajstić information content (AvgIpc) is 3.03. The first kappa shape index (κ1) is 20.4. The fourth-order valence-corrected chi connectivity index (χ4v) is 4.27. The van der Waals surface area contributed by atoms with E-state index in [0.717, 1.165) is 6.26 Å². The fraction of sp³-hybridized carbons (Fsp3) is 0.400. The number of nitrogens with zero attached hydrogens (tertiary/aromatic N) is 3. The van der Waals surface area contributed by atoms with Crippen molar-refractivity contribution in [2.45, 2.75) is 18.7 Å². The van der Waals surface area contributed by atoms with Crippen molar-refractivity contribution in [3.05, 3.63) is 35.5 Å². The maximum atomic E-state index is 12.6. The van der Waals surface area contributed by atoms with Crippen LogP contribution in [-0.2, 0) is 25.1 Å². The Kier molecular flexibility index (Phi) is 5.29. The largest absolute Gasteiger partial charge is 0.378 e. The van der Waals surface area contributed by atoms with Gasteiger partial charge in [0.05, 0.1) is 24.7 Å². The predicted octanol–water partition coefficient (Wildman–Crippen LogP) is 1.09. The fourth-order valence-electron chi connectivity index (χ4n) is 3.59. The standard InChI is InChI=1S/C20H22N4O5S/c1-12(25)18-19(26)15-9-13(3-4-16(15)22-18)20-21-14(11-30(2,27)28)10-17(23-20)24-5-7-29-8-6-24/h3-4,9-10,18,22H,5-8,11H2,1-2H3. The monoisotopic (exact) mass is 430 g/mol. The number of Topliss-reactive ketones (excluding diaryl/α,β-unsaturated/α-hetero) is 2. The number of carbonyl (C=O) groups is 2. The first-order chi connectivity index (χ1) is 14.2. The van der Waals surface area contributed by atoms with Crippen LogP contribution in [0.15, 0.2) is 24.3 Å². The highest BCUT2D eigenvalue weighted by Gasteiger charge is 2.33. The first-order valence-corrected chi connectivity index (χ1v) is 11.6. The Balaban J connectivity index is 1.76. The Hall–Kier alpha value is -2.85. The average molecular weight is 430 g/mol. The molecule has 1 aromatic heterocycles. The number of anilines is 2. The summed E-state index contributed by atoms with van der Waals surface area (Å²) in [5.74, 6) is 0.198. The Bertz CT molecular complexity index is 1130. The minimum Gasteiger partial charge on any atom is -0.378 e. The van der Waals surface area contributed by atoms with Crippen molar-refractivity contribution < 1.29 is 22.7 Å². The van der Waals surface area contributed by atoms with Gasteiger partial charge in [-0.2, -0.15) is 0 Å². The molecule has 1 fully saturated rings. The highest BCUT2D eigenvalue weighted by atomic mass is 32.2. The third kappa shape index (κ3) is 4.19. The van der Waals surface area contributed by atoms with Crippen LogP contribution in [0.5, 0.6) is 0 Å². The van der Waals surface area contributed by atoms with Gasteiger partial charge in [0, 0.05) is 42.2 Å². The lowest BCUT2D eigenvalue weighted by Crippen LogP contribution is -2.37. The predicted molar refractivity (Wildman–Crippen MR) is 111 cm³/mol. The van der Waals surface area contributed by atoms with Gasteiger partial charge in [0.1, 0.15) is 11.9 Å². The molecule has 10 heteroatoms. The first-order valence-electron chi connectivity index (χ1n) is 9.55. The van der Waals surface area contributed by atoms with E-state index in [1.165, 1.54) is 6.92 Å². The van der Waals surface area contributed by atoms with Crippen molar-refractivity contribution in [2.75, 3.05) is 42.8 Å². The van der Waals surface area contributed by atoms with E-state index in [-0.39, 0.29) is 17.3 Å². The molecule has 4 rings (SSSR count). The highest BCUT2D eigenvalue weighted by molar-refractivity contribution is 7.89. The van der Waals surface area contributed by atoms with Gasteiger partial charge >= 0.3 is 0 Å². The minimum atomic E-state index is -3.29. The summed E-state index contributed by atoms with van der Waals surface area (Å²) < 4.78 is 29.1. The summed E-state index contributed by atoms with van der Waals surface area (Å²) in [6, 6.07) is 5.92. The Morgan fingerprint density at radius 3 is 2.63 bits per heavy atom. The molecule has 158 valence electrons. The van der Waals surface area contributed by atoms with E-state index in [4.69, 9.17) is 4.74 Å². The van der Waals surface area contributed by atoms with E-state index in [1.807, 2.05) is 4.90 Å². The van der Waals surface area contributed by atoms with E-state index < -0.39 is 15.9 Å². The van der Waals surface area contributed by atoms with Gasteiger partial charge in [0.25, 0.3) is 0 Å². The smallest absolute Gasteiger partial charge is 0.194 e. The molecule has 2 aliphatic heterocycles. The van der Waals surface area contributed by atoms with Crippen molar-refractivity contribution in [1.29, 1.82) is 0 Å². The molecule has 1 unspecified atom stereocenters. The van der Waals surface area contributed by atoms with Gasteiger partial charge in [0.2, 0.25) is 0 Å². The normalized spacial score (nSPS) is 18.8. The number of ketones is 2. The van der Waals surface area contributed by atoms with Gasteiger partial charge in [-0.05, 0) is 25.1 Å². The van der Waals surface area contributed by atoms with Crippen molar-refractivity contribution in [2.24, 2.45) is 0 Å². The number of aromatic nitrogens is 2. The summed E-state index contributed by atoms with van der Waals surface area (Å²) in [6.07, 6.45) is 1.16. The van der Waals surface area contributed by atoms with Crippen LogP contribution in [0.25, 0.3) is 11.4 Å². The van der Waals surface area contributed by atoms with Crippen LogP contribution in [0.1, 0.15) is 23.0 Å². The molecule has 2 aromatic rings. The SMILES string of the molecule is CC(=O)C1Nc2ccc(-c3nc(CS(C)(=O)=O)cc(N4CCOCC4)n3)cc2C1=O. The summed E-state index contributed by atoms with van der Waals surface area (Å²) in [7, 11) is -3.29. The van der Waals surface area contributed by atoms with Crippen LogP contribution in [0, 0.1) is 0 Å². The van der Waals surface area contributed by atoms with Gasteiger partial charge in [-0.1, -0.05) is 0 Å². The third-order valence-electron chi connectivity index (χ3n) is 5.02. The number of rotatable bonds is 5. The van der Waals surface area contributed by atoms with E-state index in [0.29, 0.717) is 60.5 Å².